The van der Waals surface area contributed by atoms with Gasteiger partial charge >= 0.3 is 20.1 Å². The zero-order chi connectivity index (χ0) is 28.1. The average molecular weight is 584 g/mol. The fourth-order valence-corrected chi connectivity index (χ4v) is 5.14. The van der Waals surface area contributed by atoms with Gasteiger partial charge < -0.3 is 10.1 Å². The normalized spacial score (nSPS) is 14.2. The molecule has 1 N–H and O–H groups in total. The van der Waals surface area contributed by atoms with Gasteiger partial charge in [0.1, 0.15) is 5.60 Å². The first-order valence-corrected chi connectivity index (χ1v) is 13.6. The number of phosphoric ester groups is 1. The van der Waals surface area contributed by atoms with Gasteiger partial charge in [-0.2, -0.15) is 13.2 Å². The molecule has 0 aliphatic carbocycles. The van der Waals surface area contributed by atoms with Crippen molar-refractivity contribution in [2.75, 3.05) is 20.8 Å². The van der Waals surface area contributed by atoms with Crippen LogP contribution in [0.3, 0.4) is 0 Å². The van der Waals surface area contributed by atoms with Crippen molar-refractivity contribution in [1.82, 2.24) is 5.32 Å². The number of nitrogens with one attached hydrogen (secondary N) is 1. The molecule has 0 aromatic heterocycles. The molecule has 206 valence electrons. The molecule has 0 saturated heterocycles. The molecule has 0 spiro atoms. The van der Waals surface area contributed by atoms with Gasteiger partial charge in [0.25, 0.3) is 0 Å². The van der Waals surface area contributed by atoms with Crippen molar-refractivity contribution >= 4 is 37.3 Å². The van der Waals surface area contributed by atoms with Crippen molar-refractivity contribution in [3.63, 3.8) is 0 Å². The Morgan fingerprint density at radius 3 is 2.19 bits per heavy atom. The van der Waals surface area contributed by atoms with Crippen LogP contribution in [0.2, 0.25) is 5.02 Å². The van der Waals surface area contributed by atoms with E-state index in [1.807, 2.05) is 0 Å². The maximum atomic E-state index is 13.0. The minimum atomic E-state index is -4.44. The summed E-state index contributed by atoms with van der Waals surface area (Å²) in [4.78, 5) is 13.6. The van der Waals surface area contributed by atoms with Crippen LogP contribution in [-0.2, 0) is 35.5 Å². The van der Waals surface area contributed by atoms with Gasteiger partial charge in [-0.1, -0.05) is 35.5 Å². The molecule has 2 aromatic rings. The van der Waals surface area contributed by atoms with Gasteiger partial charge in [-0.3, -0.25) is 13.6 Å². The van der Waals surface area contributed by atoms with E-state index in [0.717, 1.165) is 23.9 Å². The Hall–Kier alpha value is -1.75. The van der Waals surface area contributed by atoms with Crippen molar-refractivity contribution in [3.8, 4) is 0 Å². The topological polar surface area (TPSA) is 83.1 Å². The number of hydrogen-bond donors (Lipinski definition) is 1. The zero-order valence-corrected chi connectivity index (χ0v) is 23.7. The number of hydrogen-bond acceptors (Lipinski definition) is 7. The summed E-state index contributed by atoms with van der Waals surface area (Å²) in [7, 11) is -1.52. The third-order valence-corrected chi connectivity index (χ3v) is 7.46. The largest absolute Gasteiger partial charge is 0.474 e. The van der Waals surface area contributed by atoms with Crippen LogP contribution in [0.5, 0.6) is 0 Å². The summed E-state index contributed by atoms with van der Waals surface area (Å²) < 4.78 is 71.9. The van der Waals surface area contributed by atoms with Gasteiger partial charge in [-0.25, -0.2) is 9.36 Å². The molecular weight excluding hydrogens is 554 g/mol. The van der Waals surface area contributed by atoms with Crippen LogP contribution in [0.25, 0.3) is 0 Å². The lowest BCUT2D eigenvalue weighted by atomic mass is 9.94. The summed E-state index contributed by atoms with van der Waals surface area (Å²) in [5, 5.41) is 3.05. The van der Waals surface area contributed by atoms with E-state index in [0.29, 0.717) is 20.4 Å². The van der Waals surface area contributed by atoms with E-state index in [-0.39, 0.29) is 13.0 Å². The molecule has 0 bridgehead atoms. The fourth-order valence-electron chi connectivity index (χ4n) is 3.11. The van der Waals surface area contributed by atoms with E-state index in [2.05, 4.69) is 5.32 Å². The van der Waals surface area contributed by atoms with Gasteiger partial charge in [0.15, 0.2) is 0 Å². The molecule has 0 saturated carbocycles. The first kappa shape index (κ1) is 31.5. The Balaban J connectivity index is 2.26. The van der Waals surface area contributed by atoms with Crippen molar-refractivity contribution in [1.29, 1.82) is 0 Å². The average Bonchev–Trinajstić information content (AvgIpc) is 2.78. The second-order valence-corrected chi connectivity index (χ2v) is 12.8. The number of halogens is 4. The molecule has 37 heavy (non-hydrogen) atoms. The summed E-state index contributed by atoms with van der Waals surface area (Å²) in [6, 6.07) is 10.0. The van der Waals surface area contributed by atoms with E-state index >= 15 is 0 Å². The zero-order valence-electron chi connectivity index (χ0n) is 21.3. The van der Waals surface area contributed by atoms with Gasteiger partial charge in [0.2, 0.25) is 0 Å². The number of benzene rings is 2. The Morgan fingerprint density at radius 1 is 1.03 bits per heavy atom. The van der Waals surface area contributed by atoms with Crippen molar-refractivity contribution in [2.24, 2.45) is 0 Å². The molecular formula is C24H30ClF3NO6PS. The fraction of sp³-hybridized carbons (Fsp3) is 0.458. The quantitative estimate of drug-likeness (QED) is 0.286. The molecule has 0 heterocycles. The first-order chi connectivity index (χ1) is 17.0. The Bertz CT molecular complexity index is 1140. The minimum Gasteiger partial charge on any atom is -0.444 e. The van der Waals surface area contributed by atoms with Crippen LogP contribution < -0.4 is 5.32 Å². The van der Waals surface area contributed by atoms with Gasteiger partial charge in [-0.15, -0.1) is 0 Å². The summed E-state index contributed by atoms with van der Waals surface area (Å²) in [6.45, 7) is 6.50. The van der Waals surface area contributed by atoms with Crippen LogP contribution >= 0.6 is 31.2 Å². The lowest BCUT2D eigenvalue weighted by Crippen LogP contribution is -2.52. The maximum absolute atomic E-state index is 13.0. The van der Waals surface area contributed by atoms with Crippen LogP contribution in [0.4, 0.5) is 18.0 Å². The van der Waals surface area contributed by atoms with Crippen molar-refractivity contribution in [3.05, 3.63) is 58.6 Å². The number of carbonyl (C=O) groups excluding carboxylic acids is 1. The number of alkyl carbamates (subject to hydrolysis) is 1. The molecule has 2 aromatic carbocycles. The maximum Gasteiger partial charge on any atom is 0.474 e. The number of amides is 1. The second-order valence-electron chi connectivity index (χ2n) is 9.33. The number of carbonyl (C=O) groups is 1. The van der Waals surface area contributed by atoms with E-state index in [1.165, 1.54) is 20.3 Å². The van der Waals surface area contributed by atoms with Crippen LogP contribution in [0.1, 0.15) is 38.8 Å². The lowest BCUT2D eigenvalue weighted by molar-refractivity contribution is -0.137. The third kappa shape index (κ3) is 10.1. The standard InChI is InChI=1S/C24H30ClF3NO6PS/c1-22(2,3)35-21(30)29-23(4,15-34-36(31,32-5)33-6)14-16-10-11-19(13-20(16)25)37-18-9-7-8-17(12-18)24(26,27)28/h7-13H,14-15H2,1-6H3,(H,29,30)/t23-/m0/s1. The lowest BCUT2D eigenvalue weighted by Gasteiger charge is -2.33. The Kier molecular flexibility index (Phi) is 10.5. The van der Waals surface area contributed by atoms with Gasteiger partial charge in [0.05, 0.1) is 17.7 Å². The number of ether oxygens (including phenoxy) is 1. The summed E-state index contributed by atoms with van der Waals surface area (Å²) in [6.07, 6.45) is -5.04. The molecule has 1 atom stereocenters. The van der Waals surface area contributed by atoms with Crippen LogP contribution in [0, 0.1) is 0 Å². The van der Waals surface area contributed by atoms with Crippen LogP contribution in [-0.4, -0.2) is 38.1 Å². The molecule has 0 aliphatic heterocycles. The summed E-state index contributed by atoms with van der Waals surface area (Å²) >= 11 is 7.64. The number of phosphoric acid groups is 1. The predicted molar refractivity (Wildman–Crippen MR) is 136 cm³/mol. The molecule has 0 unspecified atom stereocenters. The number of rotatable bonds is 10. The van der Waals surface area contributed by atoms with Crippen LogP contribution in [0.15, 0.2) is 52.3 Å². The predicted octanol–water partition coefficient (Wildman–Crippen LogP) is 7.75. The smallest absolute Gasteiger partial charge is 0.444 e. The first-order valence-electron chi connectivity index (χ1n) is 11.0. The Morgan fingerprint density at radius 2 is 1.65 bits per heavy atom. The second kappa shape index (κ2) is 12.4. The molecule has 0 radical (unpaired) electrons. The van der Waals surface area contributed by atoms with E-state index in [9.17, 15) is 22.5 Å². The summed E-state index contributed by atoms with van der Waals surface area (Å²) in [5.74, 6) is 0. The highest BCUT2D eigenvalue weighted by molar-refractivity contribution is 7.99. The SMILES string of the molecule is COP(=O)(OC)OC[C@](C)(Cc1ccc(Sc2cccc(C(F)(F)F)c2)cc1Cl)NC(=O)OC(C)(C)C. The highest BCUT2D eigenvalue weighted by Gasteiger charge is 2.35. The van der Waals surface area contributed by atoms with Crippen molar-refractivity contribution in [2.45, 2.75) is 61.2 Å². The third-order valence-electron chi connectivity index (χ3n) is 4.79. The summed E-state index contributed by atoms with van der Waals surface area (Å²) in [5.41, 5.74) is -2.07. The van der Waals surface area contributed by atoms with Gasteiger partial charge in [-0.05, 0) is 70.0 Å². The molecule has 0 fully saturated rings. The van der Waals surface area contributed by atoms with Crippen molar-refractivity contribution < 1.29 is 40.8 Å². The molecule has 13 heteroatoms. The molecule has 2 rings (SSSR count). The van der Waals surface area contributed by atoms with E-state index in [1.54, 1.807) is 52.0 Å². The molecule has 1 amide bonds. The highest BCUT2D eigenvalue weighted by atomic mass is 35.5. The molecule has 7 nitrogen and oxygen atoms in total. The Labute approximate surface area is 224 Å². The number of alkyl halides is 3. The molecule has 0 aliphatic rings. The minimum absolute atomic E-state index is 0.132. The monoisotopic (exact) mass is 583 g/mol. The van der Waals surface area contributed by atoms with E-state index < -0.39 is 36.8 Å². The van der Waals surface area contributed by atoms with Gasteiger partial charge in [0, 0.05) is 29.0 Å². The van der Waals surface area contributed by atoms with E-state index in [4.69, 9.17) is 29.9 Å². The highest BCUT2D eigenvalue weighted by Crippen LogP contribution is 2.48.